The SMILES string of the molecule is O=c1ccc2cc(S(=O)(=O)NCc3cc4ccccc4[nH]3)ccc2o1. The van der Waals surface area contributed by atoms with Crippen LogP contribution in [0.3, 0.4) is 0 Å². The van der Waals surface area contributed by atoms with Crippen molar-refractivity contribution in [2.45, 2.75) is 11.4 Å². The third-order valence-corrected chi connectivity index (χ3v) is 5.34. The fraction of sp³-hybridized carbons (Fsp3) is 0.0556. The molecule has 126 valence electrons. The van der Waals surface area contributed by atoms with Crippen molar-refractivity contribution >= 4 is 31.9 Å². The second kappa shape index (κ2) is 5.87. The number of nitrogens with one attached hydrogen (secondary N) is 2. The first-order chi connectivity index (χ1) is 12.0. The van der Waals surface area contributed by atoms with E-state index in [1.807, 2.05) is 30.3 Å². The number of fused-ring (bicyclic) bond motifs is 2. The number of benzene rings is 2. The van der Waals surface area contributed by atoms with Crippen molar-refractivity contribution in [1.82, 2.24) is 9.71 Å². The van der Waals surface area contributed by atoms with Gasteiger partial charge in [0.2, 0.25) is 10.0 Å². The van der Waals surface area contributed by atoms with Crippen LogP contribution in [0.5, 0.6) is 0 Å². The monoisotopic (exact) mass is 354 g/mol. The van der Waals surface area contributed by atoms with Crippen molar-refractivity contribution in [3.05, 3.63) is 76.8 Å². The van der Waals surface area contributed by atoms with Crippen molar-refractivity contribution in [3.8, 4) is 0 Å². The Kier molecular flexibility index (Phi) is 3.67. The van der Waals surface area contributed by atoms with Gasteiger partial charge in [0.05, 0.1) is 11.4 Å². The van der Waals surface area contributed by atoms with E-state index in [-0.39, 0.29) is 11.4 Å². The van der Waals surface area contributed by atoms with Gasteiger partial charge in [-0.1, -0.05) is 18.2 Å². The van der Waals surface area contributed by atoms with Crippen LogP contribution in [0, 0.1) is 0 Å². The molecule has 4 rings (SSSR count). The minimum Gasteiger partial charge on any atom is -0.423 e. The van der Waals surface area contributed by atoms with E-state index in [1.165, 1.54) is 30.3 Å². The predicted octanol–water partition coefficient (Wildman–Crippen LogP) is 2.75. The van der Waals surface area contributed by atoms with Gasteiger partial charge < -0.3 is 9.40 Å². The van der Waals surface area contributed by atoms with Crippen molar-refractivity contribution < 1.29 is 12.8 Å². The predicted molar refractivity (Wildman–Crippen MR) is 94.8 cm³/mol. The molecule has 4 aromatic rings. The molecule has 0 aliphatic rings. The first-order valence-corrected chi connectivity index (χ1v) is 9.10. The maximum absolute atomic E-state index is 12.5. The molecule has 0 bridgehead atoms. The van der Waals surface area contributed by atoms with Crippen LogP contribution in [0.25, 0.3) is 21.9 Å². The third-order valence-electron chi connectivity index (χ3n) is 3.94. The van der Waals surface area contributed by atoms with E-state index in [1.54, 1.807) is 0 Å². The minimum absolute atomic E-state index is 0.116. The van der Waals surface area contributed by atoms with E-state index in [4.69, 9.17) is 4.42 Å². The molecule has 2 heterocycles. The van der Waals surface area contributed by atoms with Crippen LogP contribution in [-0.2, 0) is 16.6 Å². The van der Waals surface area contributed by atoms with Crippen LogP contribution in [0.2, 0.25) is 0 Å². The highest BCUT2D eigenvalue weighted by atomic mass is 32.2. The van der Waals surface area contributed by atoms with Gasteiger partial charge in [-0.05, 0) is 41.8 Å². The van der Waals surface area contributed by atoms with E-state index in [2.05, 4.69) is 9.71 Å². The zero-order chi connectivity index (χ0) is 17.4. The van der Waals surface area contributed by atoms with Crippen LogP contribution >= 0.6 is 0 Å². The molecule has 0 atom stereocenters. The lowest BCUT2D eigenvalue weighted by molar-refractivity contribution is 0.560. The lowest BCUT2D eigenvalue weighted by Crippen LogP contribution is -2.23. The number of para-hydroxylation sites is 1. The third kappa shape index (κ3) is 3.07. The van der Waals surface area contributed by atoms with Crippen LogP contribution in [0.1, 0.15) is 5.69 Å². The molecule has 0 spiro atoms. The van der Waals surface area contributed by atoms with Crippen LogP contribution < -0.4 is 10.3 Å². The Morgan fingerprint density at radius 1 is 0.960 bits per heavy atom. The number of hydrogen-bond donors (Lipinski definition) is 2. The highest BCUT2D eigenvalue weighted by molar-refractivity contribution is 7.89. The van der Waals surface area contributed by atoms with E-state index < -0.39 is 15.6 Å². The normalized spacial score (nSPS) is 12.0. The second-order valence-corrected chi connectivity index (χ2v) is 7.43. The molecule has 0 fully saturated rings. The number of hydrogen-bond acceptors (Lipinski definition) is 4. The summed E-state index contributed by atoms with van der Waals surface area (Å²) in [5.74, 6) is 0. The van der Waals surface area contributed by atoms with Gasteiger partial charge in [0.15, 0.2) is 0 Å². The molecule has 2 N–H and O–H groups in total. The number of rotatable bonds is 4. The first-order valence-electron chi connectivity index (χ1n) is 7.61. The standard InChI is InChI=1S/C18H14N2O4S/c21-18-8-5-13-10-15(6-7-17(13)24-18)25(22,23)19-11-14-9-12-3-1-2-4-16(12)20-14/h1-10,19-20H,11H2. The second-order valence-electron chi connectivity index (χ2n) is 5.66. The molecule has 25 heavy (non-hydrogen) atoms. The van der Waals surface area contributed by atoms with E-state index in [9.17, 15) is 13.2 Å². The van der Waals surface area contributed by atoms with Gasteiger partial charge in [-0.15, -0.1) is 0 Å². The summed E-state index contributed by atoms with van der Waals surface area (Å²) in [5, 5.41) is 1.57. The number of sulfonamides is 1. The average Bonchev–Trinajstić information content (AvgIpc) is 3.02. The van der Waals surface area contributed by atoms with Crippen molar-refractivity contribution in [3.63, 3.8) is 0 Å². The first kappa shape index (κ1) is 15.6. The van der Waals surface area contributed by atoms with Gasteiger partial charge in [-0.3, -0.25) is 0 Å². The molecule has 2 aromatic carbocycles. The molecule has 0 saturated heterocycles. The van der Waals surface area contributed by atoms with E-state index >= 15 is 0 Å². The molecule has 0 aliphatic heterocycles. The molecule has 2 aromatic heterocycles. The fourth-order valence-electron chi connectivity index (χ4n) is 2.70. The van der Waals surface area contributed by atoms with Gasteiger partial charge >= 0.3 is 5.63 Å². The lowest BCUT2D eigenvalue weighted by Gasteiger charge is -2.06. The highest BCUT2D eigenvalue weighted by Crippen LogP contribution is 2.19. The Bertz CT molecular complexity index is 1210. The summed E-state index contributed by atoms with van der Waals surface area (Å²) < 4.78 is 32.6. The molecule has 0 amide bonds. The zero-order valence-electron chi connectivity index (χ0n) is 13.0. The van der Waals surface area contributed by atoms with Gasteiger partial charge in [-0.25, -0.2) is 17.9 Å². The molecule has 0 saturated carbocycles. The van der Waals surface area contributed by atoms with Gasteiger partial charge in [-0.2, -0.15) is 0 Å². The molecule has 0 radical (unpaired) electrons. The Balaban J connectivity index is 1.60. The van der Waals surface area contributed by atoms with Crippen LogP contribution in [-0.4, -0.2) is 13.4 Å². The van der Waals surface area contributed by atoms with Crippen molar-refractivity contribution in [1.29, 1.82) is 0 Å². The van der Waals surface area contributed by atoms with E-state index in [0.29, 0.717) is 11.0 Å². The number of aromatic nitrogens is 1. The summed E-state index contributed by atoms with van der Waals surface area (Å²) >= 11 is 0. The summed E-state index contributed by atoms with van der Waals surface area (Å²) in [6, 6.07) is 16.8. The Morgan fingerprint density at radius 3 is 2.64 bits per heavy atom. The number of aromatic amines is 1. The summed E-state index contributed by atoms with van der Waals surface area (Å²) in [6.07, 6.45) is 0. The summed E-state index contributed by atoms with van der Waals surface area (Å²) in [6.45, 7) is 0.152. The van der Waals surface area contributed by atoms with Crippen LogP contribution in [0.4, 0.5) is 0 Å². The Labute approximate surface area is 143 Å². The smallest absolute Gasteiger partial charge is 0.336 e. The zero-order valence-corrected chi connectivity index (χ0v) is 13.8. The van der Waals surface area contributed by atoms with Gasteiger partial charge in [0, 0.05) is 22.7 Å². The molecular formula is C18H14N2O4S. The average molecular weight is 354 g/mol. The van der Waals surface area contributed by atoms with Crippen molar-refractivity contribution in [2.75, 3.05) is 0 Å². The summed E-state index contributed by atoms with van der Waals surface area (Å²) in [7, 11) is -3.69. The van der Waals surface area contributed by atoms with Gasteiger partial charge in [0.1, 0.15) is 5.58 Å². The Hall–Kier alpha value is -2.90. The summed E-state index contributed by atoms with van der Waals surface area (Å²) in [4.78, 5) is 14.5. The van der Waals surface area contributed by atoms with Crippen LogP contribution in [0.15, 0.2) is 74.8 Å². The molecular weight excluding hydrogens is 340 g/mol. The highest BCUT2D eigenvalue weighted by Gasteiger charge is 2.15. The number of H-pyrrole nitrogens is 1. The molecule has 0 unspecified atom stereocenters. The van der Waals surface area contributed by atoms with Gasteiger partial charge in [0.25, 0.3) is 0 Å². The van der Waals surface area contributed by atoms with E-state index in [0.717, 1.165) is 16.6 Å². The maximum atomic E-state index is 12.5. The summed E-state index contributed by atoms with van der Waals surface area (Å²) in [5.41, 5.74) is 1.61. The largest absolute Gasteiger partial charge is 0.423 e. The molecule has 6 nitrogen and oxygen atoms in total. The fourth-order valence-corrected chi connectivity index (χ4v) is 3.74. The lowest BCUT2D eigenvalue weighted by atomic mass is 10.2. The Morgan fingerprint density at radius 2 is 1.80 bits per heavy atom. The van der Waals surface area contributed by atoms with Crippen molar-refractivity contribution in [2.24, 2.45) is 0 Å². The molecule has 7 heteroatoms. The molecule has 0 aliphatic carbocycles. The topological polar surface area (TPSA) is 92.2 Å². The maximum Gasteiger partial charge on any atom is 0.336 e. The quantitative estimate of drug-likeness (QED) is 0.551. The minimum atomic E-state index is -3.69.